The maximum Gasteiger partial charge on any atom is 0.426 e. The average Bonchev–Trinajstić information content (AvgIpc) is 2.38. The number of pyridine rings is 1. The summed E-state index contributed by atoms with van der Waals surface area (Å²) in [5.74, 6) is 0.0620. The molecule has 1 atom stereocenters. The summed E-state index contributed by atoms with van der Waals surface area (Å²) in [5.41, 5.74) is -0.0335. The van der Waals surface area contributed by atoms with Crippen LogP contribution in [0.25, 0.3) is 0 Å². The van der Waals surface area contributed by atoms with Gasteiger partial charge in [0.2, 0.25) is 11.7 Å². The first-order chi connectivity index (χ1) is 7.47. The smallest absolute Gasteiger partial charge is 0.426 e. The highest BCUT2D eigenvalue weighted by Gasteiger charge is 2.42. The highest BCUT2D eigenvalue weighted by Crippen LogP contribution is 2.27. The van der Waals surface area contributed by atoms with Gasteiger partial charge in [0.25, 0.3) is 0 Å². The first-order valence-electron chi connectivity index (χ1n) is 4.63. The average molecular weight is 234 g/mol. The predicted molar refractivity (Wildman–Crippen MR) is 49.2 cm³/mol. The summed E-state index contributed by atoms with van der Waals surface area (Å²) in [5, 5.41) is 2.57. The van der Waals surface area contributed by atoms with Crippen LogP contribution in [-0.4, -0.2) is 23.8 Å². The molecule has 0 spiro atoms. The third kappa shape index (κ3) is 2.19. The molecule has 0 unspecified atom stereocenters. The van der Waals surface area contributed by atoms with E-state index in [1.807, 2.05) is 0 Å². The summed E-state index contributed by atoms with van der Waals surface area (Å²) in [4.78, 5) is 13.4. The van der Waals surface area contributed by atoms with Gasteiger partial charge in [0, 0.05) is 19.2 Å². The highest BCUT2D eigenvalue weighted by molar-refractivity contribution is 5.28. The number of hydrogen-bond donors (Lipinski definition) is 2. The second-order valence-corrected chi connectivity index (χ2v) is 3.44. The van der Waals surface area contributed by atoms with Crippen molar-refractivity contribution in [2.75, 3.05) is 6.54 Å². The fraction of sp³-hybridized carbons (Fsp3) is 0.444. The number of aromatic amines is 1. The molecule has 4 nitrogen and oxygen atoms in total. The molecule has 0 radical (unpaired) electrons. The number of halogens is 3. The molecule has 16 heavy (non-hydrogen) atoms. The molecule has 7 heteroatoms. The predicted octanol–water partition coefficient (Wildman–Crippen LogP) is 0.788. The van der Waals surface area contributed by atoms with Gasteiger partial charge < -0.3 is 15.0 Å². The first kappa shape index (κ1) is 11.0. The van der Waals surface area contributed by atoms with E-state index >= 15 is 0 Å². The van der Waals surface area contributed by atoms with E-state index in [4.69, 9.17) is 4.74 Å². The number of nitrogens with one attached hydrogen (secondary N) is 2. The summed E-state index contributed by atoms with van der Waals surface area (Å²) in [6, 6.07) is 2.39. The summed E-state index contributed by atoms with van der Waals surface area (Å²) in [6.45, 7) is -0.182. The Bertz CT molecular complexity index is 441. The van der Waals surface area contributed by atoms with Crippen molar-refractivity contribution in [2.24, 2.45) is 0 Å². The van der Waals surface area contributed by atoms with Crippen molar-refractivity contribution in [1.82, 2.24) is 10.3 Å². The normalized spacial score (nSPS) is 20.8. The minimum absolute atomic E-state index is 0.0620. The van der Waals surface area contributed by atoms with Crippen molar-refractivity contribution < 1.29 is 17.9 Å². The van der Waals surface area contributed by atoms with Crippen LogP contribution in [0.15, 0.2) is 16.9 Å². The summed E-state index contributed by atoms with van der Waals surface area (Å²) in [6.07, 6.45) is -6.32. The lowest BCUT2D eigenvalue weighted by atomic mass is 10.3. The Morgan fingerprint density at radius 3 is 2.81 bits per heavy atom. The minimum Gasteiger partial charge on any atom is -0.478 e. The van der Waals surface area contributed by atoms with Crippen LogP contribution in [0.5, 0.6) is 5.75 Å². The van der Waals surface area contributed by atoms with Crippen molar-refractivity contribution in [3.63, 3.8) is 0 Å². The lowest BCUT2D eigenvalue weighted by molar-refractivity contribution is -0.192. The quantitative estimate of drug-likeness (QED) is 0.697. The van der Waals surface area contributed by atoms with Gasteiger partial charge in [0.1, 0.15) is 5.75 Å². The van der Waals surface area contributed by atoms with E-state index in [1.165, 1.54) is 6.07 Å². The number of rotatable bonds is 0. The number of alkyl halides is 3. The van der Waals surface area contributed by atoms with E-state index in [9.17, 15) is 18.0 Å². The van der Waals surface area contributed by atoms with Gasteiger partial charge >= 0.3 is 6.18 Å². The lowest BCUT2D eigenvalue weighted by Gasteiger charge is -2.19. The fourth-order valence-electron chi connectivity index (χ4n) is 1.45. The Morgan fingerprint density at radius 1 is 1.38 bits per heavy atom. The van der Waals surface area contributed by atoms with Crippen LogP contribution in [0, 0.1) is 0 Å². The molecule has 2 N–H and O–H groups in total. The maximum absolute atomic E-state index is 12.5. The van der Waals surface area contributed by atoms with Crippen LogP contribution in [-0.2, 0) is 6.54 Å². The van der Waals surface area contributed by atoms with Crippen molar-refractivity contribution in [1.29, 1.82) is 0 Å². The molecule has 1 aliphatic heterocycles. The molecule has 0 amide bonds. The Balaban J connectivity index is 2.31. The molecule has 0 fully saturated rings. The topological polar surface area (TPSA) is 54.1 Å². The number of aromatic nitrogens is 1. The lowest BCUT2D eigenvalue weighted by Crippen LogP contribution is -2.41. The van der Waals surface area contributed by atoms with E-state index in [0.29, 0.717) is 5.69 Å². The third-order valence-corrected chi connectivity index (χ3v) is 2.22. The van der Waals surface area contributed by atoms with E-state index in [0.717, 1.165) is 6.07 Å². The van der Waals surface area contributed by atoms with Gasteiger partial charge in [0.15, 0.2) is 0 Å². The molecule has 1 aromatic heterocycles. The van der Waals surface area contributed by atoms with Crippen LogP contribution in [0.4, 0.5) is 13.2 Å². The fourth-order valence-corrected chi connectivity index (χ4v) is 1.45. The molecule has 2 rings (SSSR count). The molecular formula is C9H9F3N2O2. The molecule has 2 heterocycles. The highest BCUT2D eigenvalue weighted by atomic mass is 19.4. The first-order valence-corrected chi connectivity index (χ1v) is 4.63. The van der Waals surface area contributed by atoms with Gasteiger partial charge in [-0.15, -0.1) is 0 Å². The minimum atomic E-state index is -4.43. The van der Waals surface area contributed by atoms with Crippen molar-refractivity contribution in [3.8, 4) is 5.75 Å². The number of ether oxygens (including phenoxy) is 1. The summed E-state index contributed by atoms with van der Waals surface area (Å²) in [7, 11) is 0. The van der Waals surface area contributed by atoms with Crippen LogP contribution < -0.4 is 15.6 Å². The standard InChI is InChI=1S/C9H9F3N2O2/c10-9(11,12)7-4-13-3-5-6(16-7)1-2-8(15)14-5/h1-2,7,13H,3-4H2,(H,14,15)/t7-/m0/s1. The largest absolute Gasteiger partial charge is 0.478 e. The number of hydrogen-bond acceptors (Lipinski definition) is 3. The van der Waals surface area contributed by atoms with Gasteiger partial charge in [-0.25, -0.2) is 0 Å². The monoisotopic (exact) mass is 234 g/mol. The molecule has 0 aromatic carbocycles. The Hall–Kier alpha value is -1.50. The Kier molecular flexibility index (Phi) is 2.63. The van der Waals surface area contributed by atoms with E-state index in [2.05, 4.69) is 10.3 Å². The molecule has 1 aliphatic rings. The van der Waals surface area contributed by atoms with Crippen LogP contribution in [0.2, 0.25) is 0 Å². The molecule has 0 aliphatic carbocycles. The van der Waals surface area contributed by atoms with Gasteiger partial charge in [-0.05, 0) is 6.07 Å². The second kappa shape index (κ2) is 3.82. The molecule has 1 aromatic rings. The molecule has 0 saturated carbocycles. The zero-order valence-electron chi connectivity index (χ0n) is 8.10. The maximum atomic E-state index is 12.5. The van der Waals surface area contributed by atoms with Gasteiger partial charge in [0.05, 0.1) is 5.69 Å². The number of H-pyrrole nitrogens is 1. The SMILES string of the molecule is O=c1ccc2c([nH]1)CNC[C@@H](C(F)(F)F)O2. The van der Waals surface area contributed by atoms with E-state index < -0.39 is 12.3 Å². The zero-order chi connectivity index (χ0) is 11.8. The Morgan fingerprint density at radius 2 is 2.12 bits per heavy atom. The molecule has 0 saturated heterocycles. The van der Waals surface area contributed by atoms with Crippen LogP contribution >= 0.6 is 0 Å². The third-order valence-electron chi connectivity index (χ3n) is 2.22. The number of fused-ring (bicyclic) bond motifs is 1. The van der Waals surface area contributed by atoms with Gasteiger partial charge in [-0.3, -0.25) is 4.79 Å². The second-order valence-electron chi connectivity index (χ2n) is 3.44. The molecule has 88 valence electrons. The van der Waals surface area contributed by atoms with Crippen molar-refractivity contribution in [2.45, 2.75) is 18.8 Å². The molecular weight excluding hydrogens is 225 g/mol. The van der Waals surface area contributed by atoms with Crippen LogP contribution in [0.1, 0.15) is 5.69 Å². The van der Waals surface area contributed by atoms with Crippen LogP contribution in [0.3, 0.4) is 0 Å². The van der Waals surface area contributed by atoms with Crippen molar-refractivity contribution >= 4 is 0 Å². The molecule has 0 bridgehead atoms. The Labute approximate surface area is 88.4 Å². The summed E-state index contributed by atoms with van der Waals surface area (Å²) < 4.78 is 42.2. The van der Waals surface area contributed by atoms with Gasteiger partial charge in [-0.2, -0.15) is 13.2 Å². The summed E-state index contributed by atoms with van der Waals surface area (Å²) >= 11 is 0. The zero-order valence-corrected chi connectivity index (χ0v) is 8.10. The van der Waals surface area contributed by atoms with Crippen molar-refractivity contribution in [3.05, 3.63) is 28.2 Å². The van der Waals surface area contributed by atoms with Gasteiger partial charge in [-0.1, -0.05) is 0 Å². The van der Waals surface area contributed by atoms with E-state index in [1.54, 1.807) is 0 Å². The van der Waals surface area contributed by atoms with E-state index in [-0.39, 0.29) is 24.4 Å².